The van der Waals surface area contributed by atoms with Gasteiger partial charge in [0.25, 0.3) is 0 Å². The summed E-state index contributed by atoms with van der Waals surface area (Å²) in [7, 11) is 0. The molecule has 7 nitrogen and oxygen atoms in total. The summed E-state index contributed by atoms with van der Waals surface area (Å²) in [6.07, 6.45) is 0.833. The van der Waals surface area contributed by atoms with E-state index in [1.54, 1.807) is 0 Å². The van der Waals surface area contributed by atoms with Gasteiger partial charge in [-0.15, -0.1) is 0 Å². The minimum Gasteiger partial charge on any atom is -0.296 e. The van der Waals surface area contributed by atoms with Gasteiger partial charge in [-0.1, -0.05) is 171 Å². The molecule has 3 aliphatic rings. The van der Waals surface area contributed by atoms with Gasteiger partial charge in [-0.25, -0.2) is 29.9 Å². The Kier molecular flexibility index (Phi) is 9.13. The Morgan fingerprint density at radius 3 is 1.34 bits per heavy atom. The number of aromatic nitrogens is 7. The van der Waals surface area contributed by atoms with Crippen molar-refractivity contribution in [2.24, 2.45) is 0 Å². The first kappa shape index (κ1) is 38.8. The van der Waals surface area contributed by atoms with Crippen LogP contribution in [0.25, 0.3) is 84.8 Å². The van der Waals surface area contributed by atoms with Crippen molar-refractivity contribution in [2.75, 3.05) is 0 Å². The van der Waals surface area contributed by atoms with Crippen molar-refractivity contribution in [3.63, 3.8) is 0 Å². The van der Waals surface area contributed by atoms with Crippen molar-refractivity contribution in [3.05, 3.63) is 245 Å². The Bertz CT molecular complexity index is 3620. The van der Waals surface area contributed by atoms with Crippen molar-refractivity contribution in [1.29, 1.82) is 0 Å². The molecule has 0 saturated carbocycles. The largest absolute Gasteiger partial charge is 0.296 e. The SMILES string of the molecule is CCc1nc2ccccc2n1-c1ccc(-c2cc(-c3ccc4c(c3)C3c5ccccc5C4c4cc(-c5nc(-c6ccccc6)nc(-c6ccccc6)n5)ccc43)nc(-c3ccccc3)n2)cc1. The number of benzene rings is 8. The maximum atomic E-state index is 5.27. The second-order valence-electron chi connectivity index (χ2n) is 17.3. The number of rotatable bonds is 8. The summed E-state index contributed by atoms with van der Waals surface area (Å²) in [6.45, 7) is 2.15. The first-order chi connectivity index (χ1) is 33.1. The third-order valence-electron chi connectivity index (χ3n) is 13.4. The second-order valence-corrected chi connectivity index (χ2v) is 17.3. The normalized spacial score (nSPS) is 14.4. The highest BCUT2D eigenvalue weighted by molar-refractivity contribution is 5.80. The van der Waals surface area contributed by atoms with Crippen LogP contribution in [0.4, 0.5) is 0 Å². The fourth-order valence-electron chi connectivity index (χ4n) is 10.3. The van der Waals surface area contributed by atoms with Gasteiger partial charge in [0.15, 0.2) is 23.3 Å². The first-order valence-electron chi connectivity index (χ1n) is 22.9. The molecule has 11 aromatic rings. The lowest BCUT2D eigenvalue weighted by Gasteiger charge is -2.42. The summed E-state index contributed by atoms with van der Waals surface area (Å²) in [4.78, 5) is 30.5. The van der Waals surface area contributed by atoms with E-state index in [2.05, 4.69) is 157 Å². The maximum Gasteiger partial charge on any atom is 0.164 e. The molecule has 3 aliphatic carbocycles. The molecule has 2 unspecified atom stereocenters. The number of aryl methyl sites for hydroxylation is 1. The number of hydrogen-bond donors (Lipinski definition) is 0. The summed E-state index contributed by atoms with van der Waals surface area (Å²) in [6, 6.07) is 72.5. The Hall–Kier alpha value is -8.68. The van der Waals surface area contributed by atoms with Gasteiger partial charge in [0.1, 0.15) is 5.82 Å². The Labute approximate surface area is 388 Å². The van der Waals surface area contributed by atoms with Crippen molar-refractivity contribution in [1.82, 2.24) is 34.5 Å². The summed E-state index contributed by atoms with van der Waals surface area (Å²) in [5.74, 6) is 3.79. The van der Waals surface area contributed by atoms with E-state index in [0.717, 1.165) is 73.7 Å². The fraction of sp³-hybridized carbons (Fsp3) is 0.0667. The maximum absolute atomic E-state index is 5.27. The highest BCUT2D eigenvalue weighted by atomic mass is 15.1. The van der Waals surface area contributed by atoms with E-state index in [1.165, 1.54) is 33.4 Å². The van der Waals surface area contributed by atoms with E-state index < -0.39 is 0 Å². The van der Waals surface area contributed by atoms with Crippen LogP contribution in [-0.4, -0.2) is 34.5 Å². The van der Waals surface area contributed by atoms with E-state index in [4.69, 9.17) is 29.9 Å². The number of imidazole rings is 1. The monoisotopic (exact) mass is 859 g/mol. The molecule has 14 rings (SSSR count). The lowest BCUT2D eigenvalue weighted by atomic mass is 9.60. The number of para-hydroxylation sites is 2. The molecule has 0 saturated heterocycles. The zero-order chi connectivity index (χ0) is 44.4. The molecule has 3 heterocycles. The predicted octanol–water partition coefficient (Wildman–Crippen LogP) is 13.6. The van der Waals surface area contributed by atoms with E-state index >= 15 is 0 Å². The third kappa shape index (κ3) is 6.58. The number of nitrogens with zero attached hydrogens (tertiary/aromatic N) is 7. The Balaban J connectivity index is 0.911. The smallest absolute Gasteiger partial charge is 0.164 e. The minimum absolute atomic E-state index is 0.0458. The standard InChI is InChI=1S/C60H41N7/c1-2-54-61-50-24-14-15-25-53(50)67(54)43-30-26-37(27-31-43)51-36-52(63-57(62-51)38-16-6-3-7-17-38)41-28-32-46-48(34-41)55-44-22-12-13-23-45(44)56(46)49-35-42(29-33-47(49)55)60-65-58(39-18-8-4-9-19-39)64-59(66-60)40-20-10-5-11-21-40/h3-36,55-56H,2H2,1H3. The molecule has 0 fully saturated rings. The van der Waals surface area contributed by atoms with E-state index in [0.29, 0.717) is 23.3 Å². The molecule has 2 bridgehead atoms. The predicted molar refractivity (Wildman–Crippen MR) is 267 cm³/mol. The molecule has 2 atom stereocenters. The van der Waals surface area contributed by atoms with Gasteiger partial charge in [-0.3, -0.25) is 4.57 Å². The van der Waals surface area contributed by atoms with E-state index in [9.17, 15) is 0 Å². The summed E-state index contributed by atoms with van der Waals surface area (Å²) >= 11 is 0. The van der Waals surface area contributed by atoms with Gasteiger partial charge in [-0.05, 0) is 75.8 Å². The zero-order valence-corrected chi connectivity index (χ0v) is 36.6. The van der Waals surface area contributed by atoms with E-state index in [1.807, 2.05) is 60.7 Å². The molecular formula is C60H41N7. The van der Waals surface area contributed by atoms with Crippen LogP contribution in [-0.2, 0) is 6.42 Å². The van der Waals surface area contributed by atoms with E-state index in [-0.39, 0.29) is 11.8 Å². The van der Waals surface area contributed by atoms with Crippen LogP contribution in [0.2, 0.25) is 0 Å². The highest BCUT2D eigenvalue weighted by Crippen LogP contribution is 2.56. The van der Waals surface area contributed by atoms with Crippen LogP contribution < -0.4 is 0 Å². The molecule has 0 radical (unpaired) electrons. The van der Waals surface area contributed by atoms with Crippen LogP contribution in [0.15, 0.2) is 206 Å². The zero-order valence-electron chi connectivity index (χ0n) is 36.6. The van der Waals surface area contributed by atoms with Crippen LogP contribution in [0, 0.1) is 0 Å². The van der Waals surface area contributed by atoms with Crippen molar-refractivity contribution in [2.45, 2.75) is 25.2 Å². The van der Waals surface area contributed by atoms with Crippen molar-refractivity contribution in [3.8, 4) is 73.8 Å². The van der Waals surface area contributed by atoms with Gasteiger partial charge in [0.2, 0.25) is 0 Å². The van der Waals surface area contributed by atoms with Gasteiger partial charge >= 0.3 is 0 Å². The topological polar surface area (TPSA) is 82.3 Å². The summed E-state index contributed by atoms with van der Waals surface area (Å²) in [5.41, 5.74) is 18.8. The lowest BCUT2D eigenvalue weighted by Crippen LogP contribution is -2.27. The number of hydrogen-bond acceptors (Lipinski definition) is 6. The lowest BCUT2D eigenvalue weighted by molar-refractivity contribution is 0.754. The molecule has 3 aromatic heterocycles. The molecule has 8 aromatic carbocycles. The van der Waals surface area contributed by atoms with Crippen molar-refractivity contribution >= 4 is 11.0 Å². The second kappa shape index (κ2) is 15.8. The quantitative estimate of drug-likeness (QED) is 0.151. The Morgan fingerprint density at radius 2 is 0.776 bits per heavy atom. The van der Waals surface area contributed by atoms with Gasteiger partial charge < -0.3 is 0 Å². The van der Waals surface area contributed by atoms with Gasteiger partial charge in [-0.2, -0.15) is 0 Å². The molecule has 0 N–H and O–H groups in total. The average Bonchev–Trinajstić information content (AvgIpc) is 3.80. The molecule has 7 heteroatoms. The van der Waals surface area contributed by atoms with Gasteiger partial charge in [0.05, 0.1) is 22.4 Å². The fourth-order valence-corrected chi connectivity index (χ4v) is 10.3. The van der Waals surface area contributed by atoms with Crippen LogP contribution in [0.1, 0.15) is 58.0 Å². The average molecular weight is 860 g/mol. The van der Waals surface area contributed by atoms with Gasteiger partial charge in [0, 0.05) is 57.3 Å². The highest BCUT2D eigenvalue weighted by Gasteiger charge is 2.41. The molecule has 67 heavy (non-hydrogen) atoms. The summed E-state index contributed by atoms with van der Waals surface area (Å²) in [5, 5.41) is 0. The van der Waals surface area contributed by atoms with Crippen LogP contribution in [0.3, 0.4) is 0 Å². The van der Waals surface area contributed by atoms with Crippen molar-refractivity contribution < 1.29 is 0 Å². The molecule has 316 valence electrons. The molecular weight excluding hydrogens is 819 g/mol. The molecule has 0 spiro atoms. The first-order valence-corrected chi connectivity index (χ1v) is 22.9. The Morgan fingerprint density at radius 1 is 0.343 bits per heavy atom. The minimum atomic E-state index is 0.0458. The van der Waals surface area contributed by atoms with Crippen LogP contribution >= 0.6 is 0 Å². The van der Waals surface area contributed by atoms with Crippen LogP contribution in [0.5, 0.6) is 0 Å². The molecule has 0 aliphatic heterocycles. The third-order valence-corrected chi connectivity index (χ3v) is 13.4. The summed E-state index contributed by atoms with van der Waals surface area (Å²) < 4.78 is 2.26. The number of fused-ring (bicyclic) bond motifs is 1. The molecule has 0 amide bonds.